The van der Waals surface area contributed by atoms with Gasteiger partial charge in [0.15, 0.2) is 11.5 Å². The first-order chi connectivity index (χ1) is 22.5. The van der Waals surface area contributed by atoms with Crippen LogP contribution in [0.5, 0.6) is 17.2 Å². The molecule has 3 N–H and O–H groups in total. The lowest BCUT2D eigenvalue weighted by Gasteiger charge is -2.50. The Bertz CT molecular complexity index is 1880. The maximum absolute atomic E-state index is 15.1. The maximum Gasteiger partial charge on any atom is 0.260 e. The molecule has 6 unspecified atom stereocenters. The smallest absolute Gasteiger partial charge is 0.260 e. The third-order valence-electron chi connectivity index (χ3n) is 10.1. The molecule has 0 radical (unpaired) electrons. The minimum Gasteiger partial charge on any atom is -0.504 e. The van der Waals surface area contributed by atoms with E-state index in [0.29, 0.717) is 27.5 Å². The number of hydrogen-bond donors (Lipinski definition) is 3. The fourth-order valence-electron chi connectivity index (χ4n) is 8.09. The van der Waals surface area contributed by atoms with E-state index in [1.165, 1.54) is 26.4 Å². The number of phenolic OH excluding ortho intramolecular Hbond substituents is 1. The number of halogens is 2. The number of hydrazine groups is 1. The highest BCUT2D eigenvalue weighted by Crippen LogP contribution is 2.64. The van der Waals surface area contributed by atoms with Gasteiger partial charge in [-0.1, -0.05) is 53.1 Å². The van der Waals surface area contributed by atoms with Gasteiger partial charge in [0.05, 0.1) is 48.1 Å². The van der Waals surface area contributed by atoms with Crippen LogP contribution in [0, 0.1) is 23.7 Å². The molecule has 0 aromatic heterocycles. The second-order valence-corrected chi connectivity index (χ2v) is 13.0. The third-order valence-corrected chi connectivity index (χ3v) is 10.6. The highest BCUT2D eigenvalue weighted by atomic mass is 35.5. The van der Waals surface area contributed by atoms with Gasteiger partial charge in [0, 0.05) is 10.9 Å². The molecule has 3 aromatic rings. The van der Waals surface area contributed by atoms with Crippen molar-refractivity contribution in [3.05, 3.63) is 93.5 Å². The number of phenols is 1. The van der Waals surface area contributed by atoms with E-state index < -0.39 is 58.6 Å². The molecule has 13 heteroatoms. The molecule has 3 aromatic carbocycles. The summed E-state index contributed by atoms with van der Waals surface area (Å²) in [7, 11) is 2.93. The summed E-state index contributed by atoms with van der Waals surface area (Å²) < 4.78 is 10.7. The number of nitrogens with one attached hydrogen (secondary N) is 1. The second-order valence-electron chi connectivity index (χ2n) is 12.1. The molecule has 0 bridgehead atoms. The zero-order valence-corrected chi connectivity index (χ0v) is 26.7. The number of ether oxygens (including phenoxy) is 2. The number of amides is 4. The van der Waals surface area contributed by atoms with Crippen molar-refractivity contribution >= 4 is 52.5 Å². The van der Waals surface area contributed by atoms with Crippen molar-refractivity contribution in [1.29, 1.82) is 0 Å². The summed E-state index contributed by atoms with van der Waals surface area (Å²) in [6.45, 7) is 0. The Morgan fingerprint density at radius 2 is 1.64 bits per heavy atom. The molecule has 2 saturated heterocycles. The fraction of sp³-hybridized carbons (Fsp3) is 0.294. The number of anilines is 1. The Balaban J connectivity index is 1.48. The number of imide groups is 2. The van der Waals surface area contributed by atoms with Gasteiger partial charge in [0.1, 0.15) is 5.75 Å². The van der Waals surface area contributed by atoms with Crippen LogP contribution >= 0.6 is 23.2 Å². The molecule has 2 heterocycles. The minimum absolute atomic E-state index is 0.0294. The molecule has 0 spiro atoms. The average Bonchev–Trinajstić information content (AvgIpc) is 3.42. The highest BCUT2D eigenvalue weighted by Gasteiger charge is 2.70. The van der Waals surface area contributed by atoms with Crippen LogP contribution in [-0.2, 0) is 24.6 Å². The zero-order valence-electron chi connectivity index (χ0n) is 25.1. The van der Waals surface area contributed by atoms with E-state index in [2.05, 4.69) is 5.43 Å². The number of carbonyl (C=O) groups excluding carboxylic acids is 4. The van der Waals surface area contributed by atoms with E-state index in [9.17, 15) is 24.7 Å². The molecular formula is C34H29Cl2N3O8. The van der Waals surface area contributed by atoms with E-state index in [1.54, 1.807) is 48.5 Å². The SMILES string of the molecule is COc1ccc(C23C(=O)N(Nc4ccc(Cl)cc4Cl)C(=O)C2CC2C(=CCC4C(=O)N(O)C(=O)C42)C3c2ccc(OC)c(O)c2)cc1. The first kappa shape index (κ1) is 31.0. The third kappa shape index (κ3) is 4.44. The molecule has 11 nitrogen and oxygen atoms in total. The monoisotopic (exact) mass is 677 g/mol. The Morgan fingerprint density at radius 3 is 2.30 bits per heavy atom. The van der Waals surface area contributed by atoms with Gasteiger partial charge in [-0.2, -0.15) is 10.1 Å². The number of nitrogens with zero attached hydrogens (tertiary/aromatic N) is 2. The lowest BCUT2D eigenvalue weighted by atomic mass is 9.49. The van der Waals surface area contributed by atoms with Gasteiger partial charge in [0.25, 0.3) is 23.6 Å². The molecular weight excluding hydrogens is 649 g/mol. The summed E-state index contributed by atoms with van der Waals surface area (Å²) in [4.78, 5) is 56.0. The number of methoxy groups -OCH3 is 2. The number of hydrogen-bond acceptors (Lipinski definition) is 9. The molecule has 3 fully saturated rings. The number of fused-ring (bicyclic) bond motifs is 4. The van der Waals surface area contributed by atoms with E-state index in [-0.39, 0.29) is 40.1 Å². The molecule has 1 saturated carbocycles. The summed E-state index contributed by atoms with van der Waals surface area (Å²) in [6, 6.07) is 16.3. The number of rotatable bonds is 6. The maximum atomic E-state index is 15.1. The van der Waals surface area contributed by atoms with Crippen LogP contribution in [0.4, 0.5) is 5.69 Å². The Labute approximate surface area is 279 Å². The number of hydroxylamine groups is 2. The van der Waals surface area contributed by atoms with Crippen LogP contribution in [0.25, 0.3) is 0 Å². The Morgan fingerprint density at radius 1 is 0.894 bits per heavy atom. The predicted octanol–water partition coefficient (Wildman–Crippen LogP) is 5.09. The lowest BCUT2D eigenvalue weighted by Crippen LogP contribution is -2.53. The Hall–Kier alpha value is -4.58. The topological polar surface area (TPSA) is 146 Å². The van der Waals surface area contributed by atoms with Crippen molar-refractivity contribution in [2.45, 2.75) is 24.2 Å². The van der Waals surface area contributed by atoms with Gasteiger partial charge in [-0.05, 0) is 72.4 Å². The molecule has 4 amide bonds. The molecule has 4 aliphatic rings. The van der Waals surface area contributed by atoms with Gasteiger partial charge in [-0.3, -0.25) is 29.8 Å². The van der Waals surface area contributed by atoms with Gasteiger partial charge in [-0.15, -0.1) is 0 Å². The van der Waals surface area contributed by atoms with Gasteiger partial charge >= 0.3 is 0 Å². The van der Waals surface area contributed by atoms with E-state index in [4.69, 9.17) is 32.7 Å². The number of carbonyl (C=O) groups is 4. The van der Waals surface area contributed by atoms with Crippen LogP contribution in [0.1, 0.15) is 29.9 Å². The lowest BCUT2D eigenvalue weighted by molar-refractivity contribution is -0.173. The average molecular weight is 679 g/mol. The zero-order chi connectivity index (χ0) is 33.4. The molecule has 7 rings (SSSR count). The molecule has 2 aliphatic heterocycles. The first-order valence-electron chi connectivity index (χ1n) is 14.9. The van der Waals surface area contributed by atoms with Crippen LogP contribution < -0.4 is 14.9 Å². The van der Waals surface area contributed by atoms with Crippen LogP contribution in [0.3, 0.4) is 0 Å². The van der Waals surface area contributed by atoms with Crippen molar-refractivity contribution < 1.29 is 39.0 Å². The first-order valence-corrected chi connectivity index (χ1v) is 15.7. The van der Waals surface area contributed by atoms with E-state index >= 15 is 4.79 Å². The van der Waals surface area contributed by atoms with E-state index in [1.807, 2.05) is 6.08 Å². The molecule has 2 aliphatic carbocycles. The number of allylic oxidation sites excluding steroid dienone is 2. The second kappa shape index (κ2) is 11.3. The number of aromatic hydroxyl groups is 1. The van der Waals surface area contributed by atoms with Crippen LogP contribution in [0.15, 0.2) is 72.3 Å². The van der Waals surface area contributed by atoms with Crippen molar-refractivity contribution in [2.75, 3.05) is 19.6 Å². The van der Waals surface area contributed by atoms with E-state index in [0.717, 1.165) is 5.01 Å². The predicted molar refractivity (Wildman–Crippen MR) is 169 cm³/mol. The Kier molecular flexibility index (Phi) is 7.46. The van der Waals surface area contributed by atoms with Crippen molar-refractivity contribution in [3.8, 4) is 17.2 Å². The molecule has 6 atom stereocenters. The summed E-state index contributed by atoms with van der Waals surface area (Å²) in [5.41, 5.74) is 3.26. The van der Waals surface area contributed by atoms with Crippen molar-refractivity contribution in [3.63, 3.8) is 0 Å². The van der Waals surface area contributed by atoms with Crippen LogP contribution in [0.2, 0.25) is 10.0 Å². The van der Waals surface area contributed by atoms with Gasteiger partial charge < -0.3 is 14.6 Å². The number of benzene rings is 3. The summed E-state index contributed by atoms with van der Waals surface area (Å²) in [5.74, 6) is -6.41. The largest absolute Gasteiger partial charge is 0.504 e. The summed E-state index contributed by atoms with van der Waals surface area (Å²) in [5, 5.41) is 23.0. The summed E-state index contributed by atoms with van der Waals surface area (Å²) >= 11 is 12.6. The van der Waals surface area contributed by atoms with Crippen molar-refractivity contribution in [2.24, 2.45) is 23.7 Å². The molecule has 47 heavy (non-hydrogen) atoms. The highest BCUT2D eigenvalue weighted by molar-refractivity contribution is 6.36. The van der Waals surface area contributed by atoms with Crippen molar-refractivity contribution in [1.82, 2.24) is 10.1 Å². The standard InChI is InChI=1S/C34H29Cl2N3O8/c1-46-19-7-4-17(5-8-19)34-23(31(42)38(33(34)44)37-25-11-6-18(35)14-24(25)36)15-22-20(9-10-21-28(22)32(43)39(45)30(21)41)29(34)16-3-12-27(47-2)26(40)13-16/h3-9,11-14,21-23,28-29,37,40,45H,10,15H2,1-2H3. The van der Waals surface area contributed by atoms with Gasteiger partial charge in [-0.25, -0.2) is 0 Å². The van der Waals surface area contributed by atoms with Crippen LogP contribution in [-0.4, -0.2) is 58.2 Å². The fourth-order valence-corrected chi connectivity index (χ4v) is 8.54. The normalized spacial score (nSPS) is 28.1. The summed E-state index contributed by atoms with van der Waals surface area (Å²) in [6.07, 6.45) is 2.01. The van der Waals surface area contributed by atoms with Gasteiger partial charge in [0.2, 0.25) is 0 Å². The minimum atomic E-state index is -1.59. The quantitative estimate of drug-likeness (QED) is 0.184. The molecule has 242 valence electrons.